The van der Waals surface area contributed by atoms with Crippen molar-refractivity contribution < 1.29 is 19.7 Å². The van der Waals surface area contributed by atoms with Crippen molar-refractivity contribution in [3.05, 3.63) is 63.4 Å². The zero-order valence-electron chi connectivity index (χ0n) is 19.2. The van der Waals surface area contributed by atoms with Crippen LogP contribution >= 0.6 is 23.2 Å². The molecule has 1 heterocycles. The van der Waals surface area contributed by atoms with Gasteiger partial charge in [-0.15, -0.1) is 5.10 Å². The number of carbonyl (C=O) groups is 1. The highest BCUT2D eigenvalue weighted by atomic mass is 35.5. The maximum Gasteiger partial charge on any atom is 0.305 e. The number of phenols is 1. The number of ether oxygens (including phenoxy) is 1. The van der Waals surface area contributed by atoms with E-state index < -0.39 is 18.1 Å². The molecule has 186 valence electrons. The third-order valence-corrected chi connectivity index (χ3v) is 7.06. The predicted octanol–water partition coefficient (Wildman–Crippen LogP) is 5.09. The number of tetrazole rings is 1. The topological polar surface area (TPSA) is 122 Å². The van der Waals surface area contributed by atoms with Gasteiger partial charge in [0.05, 0.1) is 35.7 Å². The van der Waals surface area contributed by atoms with E-state index in [-0.39, 0.29) is 18.2 Å². The van der Waals surface area contributed by atoms with Gasteiger partial charge >= 0.3 is 5.97 Å². The van der Waals surface area contributed by atoms with Crippen molar-refractivity contribution in [2.45, 2.75) is 56.7 Å². The third kappa shape index (κ3) is 5.86. The number of aliphatic carboxylic acids is 1. The van der Waals surface area contributed by atoms with Crippen LogP contribution in [0.2, 0.25) is 10.0 Å². The van der Waals surface area contributed by atoms with Crippen LogP contribution < -0.4 is 10.1 Å². The van der Waals surface area contributed by atoms with Gasteiger partial charge in [0.1, 0.15) is 0 Å². The molecule has 2 unspecified atom stereocenters. The van der Waals surface area contributed by atoms with Gasteiger partial charge in [-0.2, -0.15) is 0 Å². The van der Waals surface area contributed by atoms with Crippen molar-refractivity contribution in [3.8, 4) is 11.5 Å². The van der Waals surface area contributed by atoms with Crippen LogP contribution in [-0.2, 0) is 4.79 Å². The van der Waals surface area contributed by atoms with E-state index in [0.717, 1.165) is 25.7 Å². The van der Waals surface area contributed by atoms with Gasteiger partial charge in [-0.25, -0.2) is 4.68 Å². The Bertz CT molecular complexity index is 1180. The Morgan fingerprint density at radius 2 is 1.89 bits per heavy atom. The summed E-state index contributed by atoms with van der Waals surface area (Å²) in [7, 11) is 1.47. The molecule has 3 N–H and O–H groups in total. The average Bonchev–Trinajstić information content (AvgIpc) is 3.33. The maximum atomic E-state index is 11.8. The van der Waals surface area contributed by atoms with E-state index in [1.54, 1.807) is 36.4 Å². The smallest absolute Gasteiger partial charge is 0.305 e. The Labute approximate surface area is 213 Å². The number of nitrogens with zero attached hydrogens (tertiary/aromatic N) is 4. The summed E-state index contributed by atoms with van der Waals surface area (Å²) >= 11 is 12.3. The molecule has 35 heavy (non-hydrogen) atoms. The van der Waals surface area contributed by atoms with E-state index >= 15 is 0 Å². The molecule has 0 amide bonds. The molecule has 2 aromatic carbocycles. The molecule has 1 fully saturated rings. The zero-order chi connectivity index (χ0) is 24.9. The van der Waals surface area contributed by atoms with E-state index in [1.165, 1.54) is 13.5 Å². The molecule has 1 aromatic heterocycles. The number of nitrogens with one attached hydrogen (secondary N) is 1. The molecule has 0 spiro atoms. The second kappa shape index (κ2) is 11.2. The van der Waals surface area contributed by atoms with Crippen LogP contribution in [0.4, 0.5) is 0 Å². The van der Waals surface area contributed by atoms with E-state index in [4.69, 9.17) is 27.9 Å². The van der Waals surface area contributed by atoms with Crippen LogP contribution in [0.3, 0.4) is 0 Å². The average molecular weight is 520 g/mol. The fraction of sp³-hybridized carbons (Fsp3) is 0.417. The van der Waals surface area contributed by atoms with Crippen LogP contribution in [-0.4, -0.2) is 43.5 Å². The Balaban J connectivity index is 1.78. The van der Waals surface area contributed by atoms with Gasteiger partial charge in [0.25, 0.3) is 0 Å². The number of hydrogen-bond acceptors (Lipinski definition) is 7. The Hall–Kier alpha value is -2.88. The summed E-state index contributed by atoms with van der Waals surface area (Å²) in [4.78, 5) is 11.8. The lowest BCUT2D eigenvalue weighted by atomic mass is 9.94. The molecule has 1 saturated carbocycles. The Morgan fingerprint density at radius 3 is 2.54 bits per heavy atom. The van der Waals surface area contributed by atoms with E-state index in [2.05, 4.69) is 20.8 Å². The van der Waals surface area contributed by atoms with Crippen molar-refractivity contribution in [1.82, 2.24) is 25.5 Å². The van der Waals surface area contributed by atoms with Gasteiger partial charge in [-0.1, -0.05) is 54.6 Å². The number of hydrogen-bond donors (Lipinski definition) is 3. The van der Waals surface area contributed by atoms with Crippen LogP contribution in [0, 0.1) is 0 Å². The number of benzene rings is 2. The highest BCUT2D eigenvalue weighted by Gasteiger charge is 2.30. The second-order valence-electron chi connectivity index (χ2n) is 8.63. The molecule has 4 rings (SSSR count). The lowest BCUT2D eigenvalue weighted by molar-refractivity contribution is -0.137. The summed E-state index contributed by atoms with van der Waals surface area (Å²) in [6.07, 6.45) is 5.07. The van der Waals surface area contributed by atoms with Crippen molar-refractivity contribution in [2.75, 3.05) is 7.11 Å². The normalized spacial score (nSPS) is 16.1. The SMILES string of the molecule is COc1ccc(C(NC(CC(=O)O)c2ccc(Cl)c(Cl)c2)c2nnnn2C2CCCCC2)cc1O. The molecule has 0 saturated heterocycles. The highest BCUT2D eigenvalue weighted by molar-refractivity contribution is 6.42. The van der Waals surface area contributed by atoms with Crippen molar-refractivity contribution in [2.24, 2.45) is 0 Å². The first-order valence-corrected chi connectivity index (χ1v) is 12.2. The van der Waals surface area contributed by atoms with E-state index in [9.17, 15) is 15.0 Å². The van der Waals surface area contributed by atoms with Crippen molar-refractivity contribution in [3.63, 3.8) is 0 Å². The summed E-state index contributed by atoms with van der Waals surface area (Å²) in [6, 6.07) is 8.92. The number of aromatic nitrogens is 4. The number of carboxylic acid groups (broad SMARTS) is 1. The first-order valence-electron chi connectivity index (χ1n) is 11.4. The van der Waals surface area contributed by atoms with Gasteiger partial charge in [0.15, 0.2) is 17.3 Å². The Morgan fingerprint density at radius 1 is 1.14 bits per heavy atom. The number of rotatable bonds is 9. The number of methoxy groups -OCH3 is 1. The number of phenolic OH excluding ortho intramolecular Hbond substituents is 1. The van der Waals surface area contributed by atoms with Crippen LogP contribution in [0.5, 0.6) is 11.5 Å². The van der Waals surface area contributed by atoms with E-state index in [1.807, 2.05) is 4.68 Å². The molecule has 3 aromatic rings. The standard InChI is InChI=1S/C24H27Cl2N5O4/c1-35-21-10-8-15(12-20(21)32)23(24-28-29-30-31(24)16-5-3-2-4-6-16)27-19(13-22(33)34)14-7-9-17(25)18(26)11-14/h7-12,16,19,23,27,32H,2-6,13H2,1H3,(H,33,34). The lowest BCUT2D eigenvalue weighted by Gasteiger charge is -2.28. The minimum Gasteiger partial charge on any atom is -0.504 e. The molecule has 0 aliphatic heterocycles. The summed E-state index contributed by atoms with van der Waals surface area (Å²) in [6.45, 7) is 0. The van der Waals surface area contributed by atoms with Gasteiger partial charge < -0.3 is 14.9 Å². The fourth-order valence-electron chi connectivity index (χ4n) is 4.56. The van der Waals surface area contributed by atoms with E-state index in [0.29, 0.717) is 32.7 Å². The molecular weight excluding hydrogens is 493 g/mol. The van der Waals surface area contributed by atoms with Crippen LogP contribution in [0.15, 0.2) is 36.4 Å². The molecular formula is C24H27Cl2N5O4. The number of carboxylic acids is 1. The number of aromatic hydroxyl groups is 1. The molecule has 2 atom stereocenters. The maximum absolute atomic E-state index is 11.8. The highest BCUT2D eigenvalue weighted by Crippen LogP contribution is 2.36. The molecule has 1 aliphatic carbocycles. The Kier molecular flexibility index (Phi) is 8.10. The minimum atomic E-state index is -0.989. The summed E-state index contributed by atoms with van der Waals surface area (Å²) in [5.74, 6) is -0.169. The summed E-state index contributed by atoms with van der Waals surface area (Å²) in [5, 5.41) is 36.8. The zero-order valence-corrected chi connectivity index (χ0v) is 20.7. The quantitative estimate of drug-likeness (QED) is 0.357. The second-order valence-corrected chi connectivity index (χ2v) is 9.44. The summed E-state index contributed by atoms with van der Waals surface area (Å²) < 4.78 is 7.02. The summed E-state index contributed by atoms with van der Waals surface area (Å²) in [5.41, 5.74) is 1.31. The molecule has 9 nitrogen and oxygen atoms in total. The van der Waals surface area contributed by atoms with Crippen LogP contribution in [0.1, 0.15) is 73.6 Å². The molecule has 11 heteroatoms. The van der Waals surface area contributed by atoms with Gasteiger partial charge in [0.2, 0.25) is 0 Å². The first-order chi connectivity index (χ1) is 16.9. The number of halogens is 2. The van der Waals surface area contributed by atoms with Gasteiger partial charge in [0, 0.05) is 6.04 Å². The molecule has 0 radical (unpaired) electrons. The van der Waals surface area contributed by atoms with Gasteiger partial charge in [-0.05, 0) is 58.7 Å². The predicted molar refractivity (Wildman–Crippen MR) is 131 cm³/mol. The molecule has 1 aliphatic rings. The van der Waals surface area contributed by atoms with Gasteiger partial charge in [-0.3, -0.25) is 10.1 Å². The molecule has 0 bridgehead atoms. The largest absolute Gasteiger partial charge is 0.504 e. The first kappa shape index (κ1) is 25.2. The fourth-order valence-corrected chi connectivity index (χ4v) is 4.87. The lowest BCUT2D eigenvalue weighted by Crippen LogP contribution is -2.32. The van der Waals surface area contributed by atoms with Crippen molar-refractivity contribution in [1.29, 1.82) is 0 Å². The third-order valence-electron chi connectivity index (χ3n) is 6.33. The van der Waals surface area contributed by atoms with Crippen molar-refractivity contribution >= 4 is 29.2 Å². The minimum absolute atomic E-state index is 0.0437. The van der Waals surface area contributed by atoms with Crippen LogP contribution in [0.25, 0.3) is 0 Å². The monoisotopic (exact) mass is 519 g/mol.